The summed E-state index contributed by atoms with van der Waals surface area (Å²) in [5.74, 6) is -1.42. The lowest BCUT2D eigenvalue weighted by atomic mass is 9.95. The maximum absolute atomic E-state index is 14.0. The van der Waals surface area contributed by atoms with Crippen LogP contribution in [0.3, 0.4) is 0 Å². The van der Waals surface area contributed by atoms with Crippen molar-refractivity contribution in [3.63, 3.8) is 0 Å². The average molecular weight is 500 g/mol. The first-order valence-electron chi connectivity index (χ1n) is 12.7. The molecule has 2 saturated heterocycles. The van der Waals surface area contributed by atoms with Gasteiger partial charge in [-0.1, -0.05) is 6.07 Å². The summed E-state index contributed by atoms with van der Waals surface area (Å²) in [5, 5.41) is 27.7. The van der Waals surface area contributed by atoms with Crippen LogP contribution in [0.15, 0.2) is 42.6 Å². The Kier molecular flexibility index (Phi) is 6.19. The largest absolute Gasteiger partial charge is 0.487 e. The first kappa shape index (κ1) is 23.8. The molecule has 3 heterocycles. The van der Waals surface area contributed by atoms with Crippen LogP contribution in [0.5, 0.6) is 5.75 Å². The minimum Gasteiger partial charge on any atom is -0.487 e. The molecule has 5 atom stereocenters. The van der Waals surface area contributed by atoms with E-state index in [-0.39, 0.29) is 24.0 Å². The fourth-order valence-corrected chi connectivity index (χ4v) is 6.14. The third-order valence-electron chi connectivity index (χ3n) is 7.92. The van der Waals surface area contributed by atoms with E-state index >= 15 is 0 Å². The normalized spacial score (nSPS) is 29.5. The summed E-state index contributed by atoms with van der Waals surface area (Å²) in [7, 11) is 0. The fraction of sp³-hybridized carbons (Fsp3) is 0.519. The number of fused-ring (bicyclic) bond motifs is 2. The lowest BCUT2D eigenvalue weighted by Crippen LogP contribution is -2.36. The first-order valence-corrected chi connectivity index (χ1v) is 12.7. The van der Waals surface area contributed by atoms with E-state index in [1.165, 1.54) is 6.07 Å². The van der Waals surface area contributed by atoms with Crippen molar-refractivity contribution in [2.45, 2.75) is 56.1 Å². The zero-order valence-corrected chi connectivity index (χ0v) is 20.0. The lowest BCUT2D eigenvalue weighted by Gasteiger charge is -2.25. The second-order valence-corrected chi connectivity index (χ2v) is 10.5. The summed E-state index contributed by atoms with van der Waals surface area (Å²) in [6.07, 6.45) is 4.85. The molecule has 0 bridgehead atoms. The third kappa shape index (κ3) is 4.49. The van der Waals surface area contributed by atoms with Crippen molar-refractivity contribution in [2.75, 3.05) is 26.2 Å². The molecule has 3 aromatic rings. The molecule has 0 radical (unpaired) electrons. The molecule has 2 N–H and O–H groups in total. The molecule has 1 aromatic heterocycles. The predicted octanol–water partition coefficient (Wildman–Crippen LogP) is 3.95. The van der Waals surface area contributed by atoms with Gasteiger partial charge in [0, 0.05) is 50.0 Å². The number of rotatable bonds is 6. The highest BCUT2D eigenvalue weighted by Crippen LogP contribution is 2.43. The summed E-state index contributed by atoms with van der Waals surface area (Å²) < 4.78 is 40.7. The van der Waals surface area contributed by atoms with Gasteiger partial charge in [0.2, 0.25) is 0 Å². The van der Waals surface area contributed by atoms with Crippen LogP contribution in [-0.4, -0.2) is 62.8 Å². The van der Waals surface area contributed by atoms with Gasteiger partial charge < -0.3 is 19.7 Å². The second kappa shape index (κ2) is 9.37. The number of benzene rings is 2. The molecule has 1 unspecified atom stereocenters. The zero-order chi connectivity index (χ0) is 24.9. The summed E-state index contributed by atoms with van der Waals surface area (Å²) >= 11 is 0. The Labute approximate surface area is 208 Å². The minimum absolute atomic E-state index is 0.00557. The number of aromatic nitrogens is 2. The first-order chi connectivity index (χ1) is 17.4. The van der Waals surface area contributed by atoms with Gasteiger partial charge in [-0.05, 0) is 55.5 Å². The summed E-state index contributed by atoms with van der Waals surface area (Å²) in [4.78, 5) is 2.08. The Hall–Kier alpha value is -2.59. The monoisotopic (exact) mass is 499 g/mol. The van der Waals surface area contributed by atoms with Crippen molar-refractivity contribution in [2.24, 2.45) is 5.92 Å². The van der Waals surface area contributed by atoms with Gasteiger partial charge in [-0.15, -0.1) is 0 Å². The van der Waals surface area contributed by atoms with Gasteiger partial charge in [0.15, 0.2) is 17.8 Å². The molecule has 192 valence electrons. The Morgan fingerprint density at radius 1 is 1.19 bits per heavy atom. The molecule has 3 aliphatic rings. The summed E-state index contributed by atoms with van der Waals surface area (Å²) in [6, 6.07) is 9.14. The number of ether oxygens (including phenoxy) is 2. The average Bonchev–Trinajstić information content (AvgIpc) is 3.50. The molecule has 2 aliphatic heterocycles. The molecular formula is C27H31F2N3O4. The number of aliphatic hydroxyl groups excluding tert-OH is 1. The molecule has 0 spiro atoms. The van der Waals surface area contributed by atoms with Gasteiger partial charge in [-0.3, -0.25) is 4.90 Å². The van der Waals surface area contributed by atoms with E-state index in [2.05, 4.69) is 10.00 Å². The Balaban J connectivity index is 1.07. The van der Waals surface area contributed by atoms with Gasteiger partial charge in [0.1, 0.15) is 11.9 Å². The molecule has 0 amide bonds. The second-order valence-electron chi connectivity index (χ2n) is 10.5. The number of hydrogen-bond donors (Lipinski definition) is 2. The van der Waals surface area contributed by atoms with Crippen molar-refractivity contribution in [1.82, 2.24) is 14.7 Å². The molecule has 1 saturated carbocycles. The minimum atomic E-state index is -0.952. The number of likely N-dealkylation sites (tertiary alicyclic amines) is 1. The number of hydrogen-bond acceptors (Lipinski definition) is 6. The quantitative estimate of drug-likeness (QED) is 0.535. The maximum atomic E-state index is 14.0. The highest BCUT2D eigenvalue weighted by atomic mass is 19.1. The van der Waals surface area contributed by atoms with Gasteiger partial charge in [-0.2, -0.15) is 5.10 Å². The zero-order valence-electron chi connectivity index (χ0n) is 20.0. The van der Waals surface area contributed by atoms with E-state index in [4.69, 9.17) is 9.47 Å². The molecular weight excluding hydrogens is 468 g/mol. The van der Waals surface area contributed by atoms with E-state index < -0.39 is 23.3 Å². The summed E-state index contributed by atoms with van der Waals surface area (Å²) in [6.45, 7) is 2.20. The molecule has 7 nitrogen and oxygen atoms in total. The number of nitrogens with zero attached hydrogens (tertiary/aromatic N) is 3. The van der Waals surface area contributed by atoms with Crippen molar-refractivity contribution >= 4 is 10.9 Å². The Morgan fingerprint density at radius 2 is 2.08 bits per heavy atom. The number of β-amino-alcohol motifs (C(OH)–C–C–N with tert-alkyl or cyclic N) is 2. The predicted molar refractivity (Wildman–Crippen MR) is 128 cm³/mol. The van der Waals surface area contributed by atoms with Crippen molar-refractivity contribution < 1.29 is 28.5 Å². The standard InChI is InChI=1S/C27H31F2N3O4/c28-20-5-7-25(22(29)11-20)36-21-10-19-14-31(16-27(19,34)12-21)15-24(33)17-4-6-23-18(9-17)13-30-32(23)26-3-1-2-8-35-26/h4-7,9,11,13,19,21,24,26,33-34H,1-3,8,10,12,14-16H2/t19-,21+,24+,26?,27-/m1/s1. The third-order valence-corrected chi connectivity index (χ3v) is 7.92. The Bertz CT molecular complexity index is 1250. The number of halogens is 2. The molecule has 36 heavy (non-hydrogen) atoms. The van der Waals surface area contributed by atoms with Crippen LogP contribution in [0, 0.1) is 17.6 Å². The lowest BCUT2D eigenvalue weighted by molar-refractivity contribution is -0.0366. The van der Waals surface area contributed by atoms with E-state index in [0.717, 1.165) is 54.5 Å². The van der Waals surface area contributed by atoms with Crippen LogP contribution >= 0.6 is 0 Å². The summed E-state index contributed by atoms with van der Waals surface area (Å²) in [5.41, 5.74) is 0.849. The van der Waals surface area contributed by atoms with Gasteiger partial charge in [0.05, 0.1) is 23.4 Å². The van der Waals surface area contributed by atoms with Gasteiger partial charge in [-0.25, -0.2) is 13.5 Å². The maximum Gasteiger partial charge on any atom is 0.167 e. The smallest absolute Gasteiger partial charge is 0.167 e. The van der Waals surface area contributed by atoms with Crippen LogP contribution < -0.4 is 4.74 Å². The van der Waals surface area contributed by atoms with Crippen LogP contribution in [0.1, 0.15) is 50.0 Å². The fourth-order valence-electron chi connectivity index (χ4n) is 6.14. The highest BCUT2D eigenvalue weighted by Gasteiger charge is 2.53. The van der Waals surface area contributed by atoms with Crippen LogP contribution in [0.4, 0.5) is 8.78 Å². The van der Waals surface area contributed by atoms with Crippen LogP contribution in [-0.2, 0) is 4.74 Å². The topological polar surface area (TPSA) is 80.0 Å². The van der Waals surface area contributed by atoms with E-state index in [9.17, 15) is 19.0 Å². The number of aliphatic hydroxyl groups is 2. The van der Waals surface area contributed by atoms with E-state index in [1.54, 1.807) is 0 Å². The molecule has 3 fully saturated rings. The highest BCUT2D eigenvalue weighted by molar-refractivity contribution is 5.79. The van der Waals surface area contributed by atoms with Crippen LogP contribution in [0.25, 0.3) is 10.9 Å². The van der Waals surface area contributed by atoms with E-state index in [0.29, 0.717) is 32.5 Å². The molecule has 6 rings (SSSR count). The van der Waals surface area contributed by atoms with Crippen molar-refractivity contribution in [3.05, 3.63) is 59.8 Å². The molecule has 1 aliphatic carbocycles. The van der Waals surface area contributed by atoms with Crippen LogP contribution in [0.2, 0.25) is 0 Å². The van der Waals surface area contributed by atoms with Gasteiger partial charge >= 0.3 is 0 Å². The molecule has 2 aromatic carbocycles. The molecule has 9 heteroatoms. The SMILES string of the molecule is O[C@@H](CN1C[C@H]2C[C@H](Oc3ccc(F)cc3F)C[C@@]2(O)C1)c1ccc2c(cnn2C2CCCCO2)c1. The van der Waals surface area contributed by atoms with Crippen molar-refractivity contribution in [1.29, 1.82) is 0 Å². The van der Waals surface area contributed by atoms with Gasteiger partial charge in [0.25, 0.3) is 0 Å². The van der Waals surface area contributed by atoms with Crippen molar-refractivity contribution in [3.8, 4) is 5.75 Å². The van der Waals surface area contributed by atoms with E-state index in [1.807, 2.05) is 29.1 Å². The Morgan fingerprint density at radius 3 is 2.86 bits per heavy atom.